The van der Waals surface area contributed by atoms with Crippen molar-refractivity contribution in [3.05, 3.63) is 35.1 Å². The van der Waals surface area contributed by atoms with Gasteiger partial charge in [0, 0.05) is 37.7 Å². The molecular weight excluding hydrogens is 433 g/mol. The topological polar surface area (TPSA) is 89.7 Å². The van der Waals surface area contributed by atoms with Crippen LogP contribution in [0.15, 0.2) is 12.1 Å². The van der Waals surface area contributed by atoms with E-state index in [4.69, 9.17) is 10.5 Å². The van der Waals surface area contributed by atoms with Crippen LogP contribution in [0.5, 0.6) is 0 Å². The zero-order valence-electron chi connectivity index (χ0n) is 17.5. The first-order valence-corrected chi connectivity index (χ1v) is 12.3. The van der Waals surface area contributed by atoms with Gasteiger partial charge in [-0.3, -0.25) is 4.79 Å². The zero-order chi connectivity index (χ0) is 22.8. The third-order valence-corrected chi connectivity index (χ3v) is 8.05. The predicted molar refractivity (Wildman–Crippen MR) is 110 cm³/mol. The van der Waals surface area contributed by atoms with Gasteiger partial charge in [-0.15, -0.1) is 0 Å². The number of hydrogen-bond donors (Lipinski definition) is 1. The molecule has 4 atom stereocenters. The highest BCUT2D eigenvalue weighted by Gasteiger charge is 2.44. The molecule has 0 spiro atoms. The van der Waals surface area contributed by atoms with E-state index in [9.17, 15) is 26.4 Å². The van der Waals surface area contributed by atoms with Gasteiger partial charge in [0.1, 0.15) is 5.82 Å². The lowest BCUT2D eigenvalue weighted by Gasteiger charge is -2.41. The lowest BCUT2D eigenvalue weighted by atomic mass is 9.82. The Morgan fingerprint density at radius 1 is 1.13 bits per heavy atom. The number of amides is 1. The molecule has 1 aromatic carbocycles. The van der Waals surface area contributed by atoms with Crippen molar-refractivity contribution in [2.75, 3.05) is 25.2 Å². The molecule has 0 aromatic heterocycles. The number of carbonyl (C=O) groups excluding carboxylic acids is 1. The van der Waals surface area contributed by atoms with Gasteiger partial charge in [0.25, 0.3) is 0 Å². The maximum Gasteiger partial charge on any atom is 0.224 e. The number of rotatable bonds is 9. The molecule has 0 aliphatic carbocycles. The number of hydrogen-bond acceptors (Lipinski definition) is 5. The van der Waals surface area contributed by atoms with Crippen molar-refractivity contribution in [3.63, 3.8) is 0 Å². The fraction of sp³-hybridized carbons (Fsp3) is 0.667. The van der Waals surface area contributed by atoms with Crippen molar-refractivity contribution >= 4 is 15.7 Å². The quantitative estimate of drug-likeness (QED) is 0.569. The summed E-state index contributed by atoms with van der Waals surface area (Å²) in [5.41, 5.74) is 6.34. The summed E-state index contributed by atoms with van der Waals surface area (Å²) in [6.07, 6.45) is 2.91. The van der Waals surface area contributed by atoms with Gasteiger partial charge in [-0.25, -0.2) is 21.6 Å². The number of halogens is 3. The molecule has 2 bridgehead atoms. The van der Waals surface area contributed by atoms with Gasteiger partial charge in [0.05, 0.1) is 18.1 Å². The van der Waals surface area contributed by atoms with E-state index in [1.54, 1.807) is 4.90 Å². The molecule has 1 unspecified atom stereocenters. The van der Waals surface area contributed by atoms with Gasteiger partial charge in [0.2, 0.25) is 5.91 Å². The molecule has 0 radical (unpaired) electrons. The molecule has 2 N–H and O–H groups in total. The van der Waals surface area contributed by atoms with Gasteiger partial charge < -0.3 is 15.4 Å². The SMILES string of the molecule is COCCS(=O)(=O)CCC(=O)N1[C@@H]2CC[C@H]1CC([C@H](N)Cc1cc(F)c(F)cc1F)C2. The molecule has 2 heterocycles. The molecular formula is C21H29F3N2O4S. The van der Waals surface area contributed by atoms with E-state index in [1.807, 2.05) is 0 Å². The van der Waals surface area contributed by atoms with Crippen LogP contribution in [0, 0.1) is 23.4 Å². The summed E-state index contributed by atoms with van der Waals surface area (Å²) in [4.78, 5) is 14.5. The molecule has 6 nitrogen and oxygen atoms in total. The number of benzene rings is 1. The van der Waals surface area contributed by atoms with Crippen LogP contribution in [0.2, 0.25) is 0 Å². The Hall–Kier alpha value is -1.65. The number of sulfone groups is 1. The summed E-state index contributed by atoms with van der Waals surface area (Å²) < 4.78 is 69.4. The first-order valence-electron chi connectivity index (χ1n) is 10.5. The van der Waals surface area contributed by atoms with Crippen LogP contribution in [-0.2, 0) is 25.8 Å². The summed E-state index contributed by atoms with van der Waals surface area (Å²) in [6.45, 7) is 0.101. The third kappa shape index (κ3) is 5.78. The second-order valence-corrected chi connectivity index (χ2v) is 10.8. The molecule has 10 heteroatoms. The molecule has 1 amide bonds. The maximum absolute atomic E-state index is 14.0. The van der Waals surface area contributed by atoms with Gasteiger partial charge in [0.15, 0.2) is 21.5 Å². The van der Waals surface area contributed by atoms with E-state index in [2.05, 4.69) is 0 Å². The number of ether oxygens (including phenoxy) is 1. The maximum atomic E-state index is 14.0. The summed E-state index contributed by atoms with van der Waals surface area (Å²) in [5, 5.41) is 0. The summed E-state index contributed by atoms with van der Waals surface area (Å²) in [7, 11) is -1.92. The summed E-state index contributed by atoms with van der Waals surface area (Å²) in [6, 6.07) is 0.872. The Labute approximate surface area is 180 Å². The number of carbonyl (C=O) groups is 1. The molecule has 2 aliphatic heterocycles. The first kappa shape index (κ1) is 24.0. The number of nitrogens with zero attached hydrogens (tertiary/aromatic N) is 1. The van der Waals surface area contributed by atoms with Crippen molar-refractivity contribution in [1.82, 2.24) is 4.90 Å². The lowest BCUT2D eigenvalue weighted by Crippen LogP contribution is -2.50. The van der Waals surface area contributed by atoms with E-state index in [-0.39, 0.29) is 60.4 Å². The Kier molecular flexibility index (Phi) is 7.64. The number of piperidine rings is 1. The standard InChI is InChI=1S/C21H29F3N2O4S/c1-30-5-7-31(28,29)6-4-21(27)26-15-2-3-16(26)9-14(8-15)20(25)11-13-10-18(23)19(24)12-17(13)22/h10,12,14-16,20H,2-9,11,25H2,1H3/t14?,15-,16+,20-/m1/s1. The Morgan fingerprint density at radius 3 is 2.35 bits per heavy atom. The molecule has 2 fully saturated rings. The molecule has 3 rings (SSSR count). The Bertz CT molecular complexity index is 898. The van der Waals surface area contributed by atoms with E-state index in [0.717, 1.165) is 18.9 Å². The number of fused-ring (bicyclic) bond motifs is 2. The van der Waals surface area contributed by atoms with Crippen LogP contribution in [0.1, 0.15) is 37.7 Å². The highest BCUT2D eigenvalue weighted by molar-refractivity contribution is 7.91. The average Bonchev–Trinajstić information content (AvgIpc) is 2.98. The largest absolute Gasteiger partial charge is 0.384 e. The molecule has 31 heavy (non-hydrogen) atoms. The minimum absolute atomic E-state index is 0.0134. The van der Waals surface area contributed by atoms with Crippen LogP contribution < -0.4 is 5.73 Å². The minimum atomic E-state index is -3.35. The van der Waals surface area contributed by atoms with E-state index in [0.29, 0.717) is 18.9 Å². The molecule has 2 aliphatic rings. The molecule has 0 saturated carbocycles. The number of methoxy groups -OCH3 is 1. The van der Waals surface area contributed by atoms with Crippen LogP contribution in [0.4, 0.5) is 13.2 Å². The van der Waals surface area contributed by atoms with Gasteiger partial charge >= 0.3 is 0 Å². The highest BCUT2D eigenvalue weighted by Crippen LogP contribution is 2.40. The van der Waals surface area contributed by atoms with E-state index in [1.165, 1.54) is 7.11 Å². The van der Waals surface area contributed by atoms with Crippen LogP contribution >= 0.6 is 0 Å². The second-order valence-electron chi connectivity index (χ2n) is 8.54. The fourth-order valence-corrected chi connectivity index (χ4v) is 5.91. The second kappa shape index (κ2) is 9.87. The smallest absolute Gasteiger partial charge is 0.224 e. The molecule has 174 valence electrons. The Morgan fingerprint density at radius 2 is 1.74 bits per heavy atom. The highest BCUT2D eigenvalue weighted by atomic mass is 32.2. The van der Waals surface area contributed by atoms with Crippen molar-refractivity contribution in [1.29, 1.82) is 0 Å². The van der Waals surface area contributed by atoms with Crippen molar-refractivity contribution in [3.8, 4) is 0 Å². The van der Waals surface area contributed by atoms with Crippen LogP contribution in [0.25, 0.3) is 0 Å². The monoisotopic (exact) mass is 462 g/mol. The number of nitrogens with two attached hydrogens (primary N) is 1. The molecule has 2 saturated heterocycles. The van der Waals surface area contributed by atoms with E-state index < -0.39 is 33.3 Å². The predicted octanol–water partition coefficient (Wildman–Crippen LogP) is 2.19. The Balaban J connectivity index is 1.58. The normalized spacial score (nSPS) is 24.4. The van der Waals surface area contributed by atoms with Crippen molar-refractivity contribution in [2.24, 2.45) is 11.7 Å². The van der Waals surface area contributed by atoms with Crippen molar-refractivity contribution in [2.45, 2.75) is 56.7 Å². The van der Waals surface area contributed by atoms with Gasteiger partial charge in [-0.1, -0.05) is 0 Å². The molecule has 1 aromatic rings. The fourth-order valence-electron chi connectivity index (χ4n) is 4.80. The van der Waals surface area contributed by atoms with Gasteiger partial charge in [-0.05, 0) is 49.7 Å². The van der Waals surface area contributed by atoms with Crippen molar-refractivity contribution < 1.29 is 31.1 Å². The third-order valence-electron chi connectivity index (χ3n) is 6.43. The van der Waals surface area contributed by atoms with Gasteiger partial charge in [-0.2, -0.15) is 0 Å². The lowest BCUT2D eigenvalue weighted by molar-refractivity contribution is -0.136. The van der Waals surface area contributed by atoms with Crippen LogP contribution in [0.3, 0.4) is 0 Å². The summed E-state index contributed by atoms with van der Waals surface area (Å²) >= 11 is 0. The average molecular weight is 463 g/mol. The summed E-state index contributed by atoms with van der Waals surface area (Å²) in [5.74, 6) is -3.63. The first-order chi connectivity index (χ1) is 14.6. The van der Waals surface area contributed by atoms with Crippen LogP contribution in [-0.4, -0.2) is 62.6 Å². The minimum Gasteiger partial charge on any atom is -0.384 e. The van der Waals surface area contributed by atoms with E-state index >= 15 is 0 Å². The zero-order valence-corrected chi connectivity index (χ0v) is 18.3.